The van der Waals surface area contributed by atoms with Crippen LogP contribution >= 0.6 is 0 Å². The zero-order valence-electron chi connectivity index (χ0n) is 11.4. The van der Waals surface area contributed by atoms with Crippen LogP contribution in [0.5, 0.6) is 0 Å². The predicted octanol–water partition coefficient (Wildman–Crippen LogP) is 3.67. The lowest BCUT2D eigenvalue weighted by molar-refractivity contribution is 0.392. The summed E-state index contributed by atoms with van der Waals surface area (Å²) in [5.74, 6) is 0. The first kappa shape index (κ1) is 13.2. The van der Waals surface area contributed by atoms with Gasteiger partial charge in [-0.25, -0.2) is 0 Å². The fourth-order valence-electron chi connectivity index (χ4n) is 2.34. The van der Waals surface area contributed by atoms with Crippen molar-refractivity contribution in [2.45, 2.75) is 59.4 Å². The molecule has 0 heterocycles. The van der Waals surface area contributed by atoms with E-state index >= 15 is 0 Å². The van der Waals surface area contributed by atoms with Gasteiger partial charge in [-0.3, -0.25) is 0 Å². The zero-order chi connectivity index (χ0) is 12.3. The molecule has 0 bridgehead atoms. The van der Waals surface area contributed by atoms with Crippen molar-refractivity contribution in [3.05, 3.63) is 34.4 Å². The normalized spacial score (nSPS) is 11.9. The molecule has 0 aromatic heterocycles. The van der Waals surface area contributed by atoms with E-state index in [0.717, 1.165) is 19.3 Å². The smallest absolute Gasteiger partial charge is 0.0190 e. The molecule has 1 heteroatoms. The number of aryl methyl sites for hydroxylation is 3. The monoisotopic (exact) mass is 219 g/mol. The van der Waals surface area contributed by atoms with Crippen LogP contribution in [0.3, 0.4) is 0 Å². The van der Waals surface area contributed by atoms with E-state index in [0.29, 0.717) is 0 Å². The standard InChI is InChI=1S/C15H25N/c1-6-15(16,7-2)10-14-12(4)8-11(3)9-13(14)5/h8-9H,6-7,10,16H2,1-5H3. The van der Waals surface area contributed by atoms with Crippen molar-refractivity contribution < 1.29 is 0 Å². The Bertz CT molecular complexity index is 339. The Hall–Kier alpha value is -0.820. The van der Waals surface area contributed by atoms with Gasteiger partial charge in [-0.05, 0) is 56.7 Å². The Labute approximate surface area is 100 Å². The fourth-order valence-corrected chi connectivity index (χ4v) is 2.34. The predicted molar refractivity (Wildman–Crippen MR) is 71.9 cm³/mol. The number of hydrogen-bond donors (Lipinski definition) is 1. The van der Waals surface area contributed by atoms with Crippen LogP contribution < -0.4 is 5.73 Å². The third kappa shape index (κ3) is 2.85. The molecule has 16 heavy (non-hydrogen) atoms. The molecule has 0 aliphatic heterocycles. The van der Waals surface area contributed by atoms with Crippen LogP contribution in [0.15, 0.2) is 12.1 Å². The van der Waals surface area contributed by atoms with Crippen LogP contribution in [0.2, 0.25) is 0 Å². The number of rotatable bonds is 4. The highest BCUT2D eigenvalue weighted by molar-refractivity contribution is 5.38. The summed E-state index contributed by atoms with van der Waals surface area (Å²) in [6, 6.07) is 4.52. The van der Waals surface area contributed by atoms with Crippen LogP contribution in [-0.4, -0.2) is 5.54 Å². The number of benzene rings is 1. The van der Waals surface area contributed by atoms with E-state index in [-0.39, 0.29) is 5.54 Å². The molecule has 2 N–H and O–H groups in total. The molecule has 0 radical (unpaired) electrons. The topological polar surface area (TPSA) is 26.0 Å². The van der Waals surface area contributed by atoms with Gasteiger partial charge in [0.15, 0.2) is 0 Å². The highest BCUT2D eigenvalue weighted by Gasteiger charge is 2.22. The van der Waals surface area contributed by atoms with Crippen molar-refractivity contribution in [1.82, 2.24) is 0 Å². The zero-order valence-corrected chi connectivity index (χ0v) is 11.4. The lowest BCUT2D eigenvalue weighted by Gasteiger charge is -2.28. The lowest BCUT2D eigenvalue weighted by Crippen LogP contribution is -2.41. The minimum Gasteiger partial charge on any atom is -0.325 e. The molecule has 0 aliphatic carbocycles. The highest BCUT2D eigenvalue weighted by atomic mass is 14.7. The molecule has 90 valence electrons. The van der Waals surface area contributed by atoms with E-state index in [2.05, 4.69) is 46.8 Å². The molecular formula is C15H25N. The third-order valence-corrected chi connectivity index (χ3v) is 3.78. The molecule has 0 fully saturated rings. The second-order valence-electron chi connectivity index (χ2n) is 5.12. The van der Waals surface area contributed by atoms with Crippen molar-refractivity contribution in [3.63, 3.8) is 0 Å². The molecule has 0 saturated heterocycles. The summed E-state index contributed by atoms with van der Waals surface area (Å²) in [5, 5.41) is 0. The SMILES string of the molecule is CCC(N)(CC)Cc1c(C)cc(C)cc1C. The second-order valence-corrected chi connectivity index (χ2v) is 5.12. The first-order chi connectivity index (χ1) is 7.41. The summed E-state index contributed by atoms with van der Waals surface area (Å²) in [4.78, 5) is 0. The van der Waals surface area contributed by atoms with E-state index in [9.17, 15) is 0 Å². The molecule has 0 spiro atoms. The Kier molecular flexibility index (Phi) is 4.15. The van der Waals surface area contributed by atoms with E-state index in [1.54, 1.807) is 0 Å². The Morgan fingerprint density at radius 1 is 1.00 bits per heavy atom. The molecule has 0 aliphatic rings. The maximum atomic E-state index is 6.40. The van der Waals surface area contributed by atoms with Crippen LogP contribution in [0.1, 0.15) is 48.9 Å². The maximum Gasteiger partial charge on any atom is 0.0190 e. The van der Waals surface area contributed by atoms with Crippen LogP contribution in [0.4, 0.5) is 0 Å². The van der Waals surface area contributed by atoms with Crippen LogP contribution in [0, 0.1) is 20.8 Å². The summed E-state index contributed by atoms with van der Waals surface area (Å²) in [7, 11) is 0. The van der Waals surface area contributed by atoms with Gasteiger partial charge in [0.1, 0.15) is 0 Å². The average Bonchev–Trinajstić information content (AvgIpc) is 2.23. The summed E-state index contributed by atoms with van der Waals surface area (Å²) in [6.07, 6.45) is 3.07. The Morgan fingerprint density at radius 2 is 1.44 bits per heavy atom. The van der Waals surface area contributed by atoms with Gasteiger partial charge in [0.2, 0.25) is 0 Å². The van der Waals surface area contributed by atoms with E-state index in [4.69, 9.17) is 5.73 Å². The van der Waals surface area contributed by atoms with Gasteiger partial charge < -0.3 is 5.73 Å². The van der Waals surface area contributed by atoms with Crippen molar-refractivity contribution >= 4 is 0 Å². The van der Waals surface area contributed by atoms with E-state index < -0.39 is 0 Å². The van der Waals surface area contributed by atoms with Gasteiger partial charge in [0.25, 0.3) is 0 Å². The molecule has 0 atom stereocenters. The first-order valence-corrected chi connectivity index (χ1v) is 6.27. The Morgan fingerprint density at radius 3 is 1.81 bits per heavy atom. The molecular weight excluding hydrogens is 194 g/mol. The van der Waals surface area contributed by atoms with Gasteiger partial charge in [-0.2, -0.15) is 0 Å². The van der Waals surface area contributed by atoms with E-state index in [1.807, 2.05) is 0 Å². The highest BCUT2D eigenvalue weighted by Crippen LogP contribution is 2.24. The summed E-state index contributed by atoms with van der Waals surface area (Å²) < 4.78 is 0. The summed E-state index contributed by atoms with van der Waals surface area (Å²) >= 11 is 0. The molecule has 1 aromatic carbocycles. The number of nitrogens with two attached hydrogens (primary N) is 1. The van der Waals surface area contributed by atoms with Gasteiger partial charge in [-0.15, -0.1) is 0 Å². The van der Waals surface area contributed by atoms with E-state index in [1.165, 1.54) is 22.3 Å². The lowest BCUT2D eigenvalue weighted by atomic mass is 9.83. The molecule has 1 aromatic rings. The van der Waals surface area contributed by atoms with Gasteiger partial charge in [-0.1, -0.05) is 31.5 Å². The average molecular weight is 219 g/mol. The number of hydrogen-bond acceptors (Lipinski definition) is 1. The van der Waals surface area contributed by atoms with Gasteiger partial charge >= 0.3 is 0 Å². The first-order valence-electron chi connectivity index (χ1n) is 6.27. The van der Waals surface area contributed by atoms with Gasteiger partial charge in [0.05, 0.1) is 0 Å². The summed E-state index contributed by atoms with van der Waals surface area (Å²) in [5.41, 5.74) is 11.9. The molecule has 1 nitrogen and oxygen atoms in total. The summed E-state index contributed by atoms with van der Waals surface area (Å²) in [6.45, 7) is 10.9. The fraction of sp³-hybridized carbons (Fsp3) is 0.600. The second kappa shape index (κ2) is 5.01. The van der Waals surface area contributed by atoms with Crippen molar-refractivity contribution in [2.75, 3.05) is 0 Å². The van der Waals surface area contributed by atoms with Crippen molar-refractivity contribution in [3.8, 4) is 0 Å². The molecule has 0 amide bonds. The largest absolute Gasteiger partial charge is 0.325 e. The van der Waals surface area contributed by atoms with Crippen LogP contribution in [-0.2, 0) is 6.42 Å². The molecule has 0 unspecified atom stereocenters. The van der Waals surface area contributed by atoms with Crippen molar-refractivity contribution in [2.24, 2.45) is 5.73 Å². The molecule has 1 rings (SSSR count). The quantitative estimate of drug-likeness (QED) is 0.821. The minimum absolute atomic E-state index is 0.0369. The molecule has 0 saturated carbocycles. The Balaban J connectivity index is 3.06. The van der Waals surface area contributed by atoms with Crippen molar-refractivity contribution in [1.29, 1.82) is 0 Å². The van der Waals surface area contributed by atoms with Gasteiger partial charge in [0, 0.05) is 5.54 Å². The van der Waals surface area contributed by atoms with Crippen LogP contribution in [0.25, 0.3) is 0 Å². The third-order valence-electron chi connectivity index (χ3n) is 3.78. The minimum atomic E-state index is -0.0369. The maximum absolute atomic E-state index is 6.40.